The number of carboxylic acids is 1. The van der Waals surface area contributed by atoms with Gasteiger partial charge in [-0.25, -0.2) is 4.79 Å². The van der Waals surface area contributed by atoms with Crippen LogP contribution in [-0.2, 0) is 6.54 Å². The number of hydrogen-bond acceptors (Lipinski definition) is 3. The molecule has 0 aliphatic heterocycles. The Hall–Kier alpha value is -1.59. The Morgan fingerprint density at radius 1 is 1.30 bits per heavy atom. The summed E-state index contributed by atoms with van der Waals surface area (Å²) < 4.78 is 6.39. The lowest BCUT2D eigenvalue weighted by molar-refractivity contribution is 0.0656. The van der Waals surface area contributed by atoms with Crippen LogP contribution in [0, 0.1) is 0 Å². The first-order valence-electron chi connectivity index (χ1n) is 6.25. The molecule has 0 bridgehead atoms. The van der Waals surface area contributed by atoms with Crippen LogP contribution in [0.25, 0.3) is 0 Å². The summed E-state index contributed by atoms with van der Waals surface area (Å²) in [6, 6.07) is 11.3. The minimum absolute atomic E-state index is 0.00625. The summed E-state index contributed by atoms with van der Waals surface area (Å²) in [6.45, 7) is 2.75. The van der Waals surface area contributed by atoms with Crippen molar-refractivity contribution in [3.8, 4) is 0 Å². The van der Waals surface area contributed by atoms with Gasteiger partial charge in [0.2, 0.25) is 5.76 Å². The largest absolute Gasteiger partial charge is 0.475 e. The molecule has 5 heteroatoms. The summed E-state index contributed by atoms with van der Waals surface area (Å²) in [4.78, 5) is 12.9. The third kappa shape index (κ3) is 3.49. The van der Waals surface area contributed by atoms with Gasteiger partial charge in [-0.05, 0) is 43.8 Å². The van der Waals surface area contributed by atoms with Crippen LogP contribution in [0.4, 0.5) is 0 Å². The van der Waals surface area contributed by atoms with E-state index in [4.69, 9.17) is 9.52 Å². The van der Waals surface area contributed by atoms with Crippen molar-refractivity contribution < 1.29 is 14.3 Å². The molecular formula is C15H16BrNO3. The number of furan rings is 1. The summed E-state index contributed by atoms with van der Waals surface area (Å²) in [5.74, 6) is -0.412. The molecule has 0 aliphatic carbocycles. The van der Waals surface area contributed by atoms with Crippen LogP contribution in [0.2, 0.25) is 0 Å². The van der Waals surface area contributed by atoms with Crippen molar-refractivity contribution in [1.29, 1.82) is 0 Å². The number of halogens is 1. The maximum Gasteiger partial charge on any atom is 0.371 e. The van der Waals surface area contributed by atoms with Gasteiger partial charge in [0.05, 0.1) is 6.04 Å². The van der Waals surface area contributed by atoms with Crippen molar-refractivity contribution in [1.82, 2.24) is 4.90 Å². The highest BCUT2D eigenvalue weighted by Crippen LogP contribution is 2.23. The van der Waals surface area contributed by atoms with Crippen LogP contribution in [-0.4, -0.2) is 23.0 Å². The quantitative estimate of drug-likeness (QED) is 0.897. The predicted octanol–water partition coefficient (Wildman–Crippen LogP) is 3.93. The fourth-order valence-corrected chi connectivity index (χ4v) is 2.19. The molecule has 0 amide bonds. The Bertz CT molecular complexity index is 591. The minimum atomic E-state index is -1.04. The second kappa shape index (κ2) is 6.24. The van der Waals surface area contributed by atoms with E-state index in [1.54, 1.807) is 6.07 Å². The molecule has 1 aromatic heterocycles. The maximum atomic E-state index is 10.8. The molecule has 4 nitrogen and oxygen atoms in total. The SMILES string of the molecule is CC(c1ccc(C(=O)O)o1)N(C)Cc1ccc(Br)cc1. The monoisotopic (exact) mass is 337 g/mol. The Labute approximate surface area is 126 Å². The van der Waals surface area contributed by atoms with Gasteiger partial charge in [-0.1, -0.05) is 28.1 Å². The van der Waals surface area contributed by atoms with Gasteiger partial charge in [-0.15, -0.1) is 0 Å². The first-order chi connectivity index (χ1) is 9.47. The number of nitrogens with zero attached hydrogens (tertiary/aromatic N) is 1. The molecule has 2 aromatic rings. The third-order valence-corrected chi connectivity index (χ3v) is 3.78. The molecular weight excluding hydrogens is 322 g/mol. The number of benzene rings is 1. The zero-order chi connectivity index (χ0) is 14.7. The summed E-state index contributed by atoms with van der Waals surface area (Å²) >= 11 is 3.41. The van der Waals surface area contributed by atoms with E-state index in [9.17, 15) is 4.79 Å². The van der Waals surface area contributed by atoms with Crippen molar-refractivity contribution in [3.63, 3.8) is 0 Å². The average Bonchev–Trinajstić information content (AvgIpc) is 2.90. The zero-order valence-corrected chi connectivity index (χ0v) is 12.9. The Morgan fingerprint density at radius 2 is 1.95 bits per heavy atom. The predicted molar refractivity (Wildman–Crippen MR) is 79.7 cm³/mol. The molecule has 1 heterocycles. The van der Waals surface area contributed by atoms with E-state index in [1.807, 2.05) is 26.1 Å². The van der Waals surface area contributed by atoms with Crippen LogP contribution in [0.15, 0.2) is 45.3 Å². The average molecular weight is 338 g/mol. The molecule has 1 aromatic carbocycles. The van der Waals surface area contributed by atoms with E-state index >= 15 is 0 Å². The molecule has 0 aliphatic rings. The van der Waals surface area contributed by atoms with Gasteiger partial charge in [0.15, 0.2) is 0 Å². The van der Waals surface area contributed by atoms with Crippen molar-refractivity contribution >= 4 is 21.9 Å². The second-order valence-electron chi connectivity index (χ2n) is 4.72. The van der Waals surface area contributed by atoms with Gasteiger partial charge < -0.3 is 9.52 Å². The van der Waals surface area contributed by atoms with Crippen LogP contribution in [0.1, 0.15) is 34.8 Å². The van der Waals surface area contributed by atoms with E-state index in [0.717, 1.165) is 11.0 Å². The lowest BCUT2D eigenvalue weighted by Crippen LogP contribution is -2.21. The third-order valence-electron chi connectivity index (χ3n) is 3.26. The molecule has 0 saturated heterocycles. The topological polar surface area (TPSA) is 53.7 Å². The van der Waals surface area contributed by atoms with E-state index < -0.39 is 5.97 Å². The molecule has 20 heavy (non-hydrogen) atoms. The van der Waals surface area contributed by atoms with Gasteiger partial charge in [0, 0.05) is 11.0 Å². The Kier molecular flexibility index (Phi) is 4.62. The van der Waals surface area contributed by atoms with Crippen molar-refractivity contribution in [2.24, 2.45) is 0 Å². The zero-order valence-electron chi connectivity index (χ0n) is 11.3. The molecule has 0 spiro atoms. The molecule has 1 N–H and O–H groups in total. The van der Waals surface area contributed by atoms with Gasteiger partial charge in [-0.2, -0.15) is 0 Å². The number of aromatic carboxylic acids is 1. The molecule has 0 fully saturated rings. The van der Waals surface area contributed by atoms with E-state index in [-0.39, 0.29) is 11.8 Å². The van der Waals surface area contributed by atoms with Crippen molar-refractivity contribution in [3.05, 3.63) is 58.0 Å². The Balaban J connectivity index is 2.05. The minimum Gasteiger partial charge on any atom is -0.475 e. The number of hydrogen-bond donors (Lipinski definition) is 1. The van der Waals surface area contributed by atoms with Crippen LogP contribution >= 0.6 is 15.9 Å². The van der Waals surface area contributed by atoms with Gasteiger partial charge >= 0.3 is 5.97 Å². The fourth-order valence-electron chi connectivity index (χ4n) is 1.92. The lowest BCUT2D eigenvalue weighted by Gasteiger charge is -2.23. The maximum absolute atomic E-state index is 10.8. The van der Waals surface area contributed by atoms with E-state index in [0.29, 0.717) is 5.76 Å². The first-order valence-corrected chi connectivity index (χ1v) is 7.04. The Morgan fingerprint density at radius 3 is 2.50 bits per heavy atom. The fraction of sp³-hybridized carbons (Fsp3) is 0.267. The van der Waals surface area contributed by atoms with Gasteiger partial charge in [0.1, 0.15) is 5.76 Å². The normalized spacial score (nSPS) is 12.6. The van der Waals surface area contributed by atoms with Crippen LogP contribution in [0.5, 0.6) is 0 Å². The highest BCUT2D eigenvalue weighted by molar-refractivity contribution is 9.10. The van der Waals surface area contributed by atoms with Crippen LogP contribution < -0.4 is 0 Å². The van der Waals surface area contributed by atoms with E-state index in [2.05, 4.69) is 33.0 Å². The number of carboxylic acid groups (broad SMARTS) is 1. The smallest absolute Gasteiger partial charge is 0.371 e. The van der Waals surface area contributed by atoms with E-state index in [1.165, 1.54) is 11.6 Å². The molecule has 0 radical (unpaired) electrons. The first kappa shape index (κ1) is 14.8. The second-order valence-corrected chi connectivity index (χ2v) is 5.64. The van der Waals surface area contributed by atoms with Crippen molar-refractivity contribution in [2.45, 2.75) is 19.5 Å². The van der Waals surface area contributed by atoms with Gasteiger partial charge in [0.25, 0.3) is 0 Å². The molecule has 2 rings (SSSR count). The standard InChI is InChI=1S/C15H16BrNO3/c1-10(13-7-8-14(20-13)15(18)19)17(2)9-11-3-5-12(16)6-4-11/h3-8,10H,9H2,1-2H3,(H,18,19). The summed E-state index contributed by atoms with van der Waals surface area (Å²) in [5, 5.41) is 8.87. The summed E-state index contributed by atoms with van der Waals surface area (Å²) in [7, 11) is 1.98. The highest BCUT2D eigenvalue weighted by atomic mass is 79.9. The number of carbonyl (C=O) groups is 1. The summed E-state index contributed by atoms with van der Waals surface area (Å²) in [6.07, 6.45) is 0. The number of rotatable bonds is 5. The van der Waals surface area contributed by atoms with Crippen LogP contribution in [0.3, 0.4) is 0 Å². The molecule has 106 valence electrons. The van der Waals surface area contributed by atoms with Gasteiger partial charge in [-0.3, -0.25) is 4.90 Å². The molecule has 1 atom stereocenters. The highest BCUT2D eigenvalue weighted by Gasteiger charge is 2.17. The van der Waals surface area contributed by atoms with Crippen molar-refractivity contribution in [2.75, 3.05) is 7.05 Å². The summed E-state index contributed by atoms with van der Waals surface area (Å²) in [5.41, 5.74) is 1.19. The molecule has 1 unspecified atom stereocenters. The molecule has 0 saturated carbocycles. The lowest BCUT2D eigenvalue weighted by atomic mass is 10.1.